The first-order chi connectivity index (χ1) is 9.92. The molecule has 1 heterocycles. The van der Waals surface area contributed by atoms with Gasteiger partial charge < -0.3 is 10.2 Å². The van der Waals surface area contributed by atoms with Crippen LogP contribution in [0.5, 0.6) is 0 Å². The first-order valence-corrected chi connectivity index (χ1v) is 9.25. The summed E-state index contributed by atoms with van der Waals surface area (Å²) in [6.45, 7) is 16.1. The maximum absolute atomic E-state index is 6.10. The predicted octanol–water partition coefficient (Wildman–Crippen LogP) is 3.85. The number of halogens is 2. The van der Waals surface area contributed by atoms with Crippen LogP contribution in [-0.2, 0) is 0 Å². The molecule has 1 aliphatic heterocycles. The average Bonchev–Trinajstić information content (AvgIpc) is 2.46. The van der Waals surface area contributed by atoms with Gasteiger partial charge in [-0.25, -0.2) is 0 Å². The van der Waals surface area contributed by atoms with Gasteiger partial charge in [0.05, 0.1) is 5.50 Å². The summed E-state index contributed by atoms with van der Waals surface area (Å²) in [7, 11) is 2.16. The lowest BCUT2D eigenvalue weighted by atomic mass is 10.3. The number of hydrogen-bond donors (Lipinski definition) is 1. The molecule has 0 aliphatic carbocycles. The topological polar surface area (TPSA) is 18.5 Å². The molecule has 0 amide bonds. The van der Waals surface area contributed by atoms with E-state index in [9.17, 15) is 0 Å². The van der Waals surface area contributed by atoms with E-state index in [1.165, 1.54) is 6.42 Å². The Morgan fingerprint density at radius 2 is 1.52 bits per heavy atom. The largest absolute Gasteiger partial charge is 0.313 e. The van der Waals surface area contributed by atoms with Crippen LogP contribution in [0.3, 0.4) is 0 Å². The lowest BCUT2D eigenvalue weighted by molar-refractivity contribution is 0.140. The second-order valence-corrected chi connectivity index (χ2v) is 6.57. The zero-order valence-corrected chi connectivity index (χ0v) is 16.5. The highest BCUT2D eigenvalue weighted by atomic mass is 35.5. The lowest BCUT2D eigenvalue weighted by Gasteiger charge is -2.34. The van der Waals surface area contributed by atoms with Crippen LogP contribution in [0.2, 0.25) is 0 Å². The molecule has 0 aromatic rings. The van der Waals surface area contributed by atoms with Crippen LogP contribution in [0.1, 0.15) is 47.5 Å². The number of nitrogens with one attached hydrogen (secondary N) is 1. The fraction of sp³-hybridized carbons (Fsp3) is 1.00. The number of nitrogens with zero attached hydrogens (tertiary/aromatic N) is 2. The van der Waals surface area contributed by atoms with Gasteiger partial charge in [-0.2, -0.15) is 0 Å². The molecule has 3 nitrogen and oxygen atoms in total. The molecule has 130 valence electrons. The van der Waals surface area contributed by atoms with Crippen molar-refractivity contribution in [2.45, 2.75) is 59.0 Å². The van der Waals surface area contributed by atoms with Crippen molar-refractivity contribution in [1.29, 1.82) is 0 Å². The molecule has 1 N–H and O–H groups in total. The van der Waals surface area contributed by atoms with E-state index in [2.05, 4.69) is 56.8 Å². The van der Waals surface area contributed by atoms with Crippen LogP contribution in [0, 0.1) is 0 Å². The number of piperazine rings is 1. The van der Waals surface area contributed by atoms with Gasteiger partial charge >= 0.3 is 0 Å². The van der Waals surface area contributed by atoms with E-state index in [0.717, 1.165) is 39.1 Å². The Labute approximate surface area is 143 Å². The van der Waals surface area contributed by atoms with Crippen molar-refractivity contribution >= 4 is 23.2 Å². The molecule has 21 heavy (non-hydrogen) atoms. The summed E-state index contributed by atoms with van der Waals surface area (Å²) in [5.74, 6) is 0.707. The molecule has 1 atom stereocenters. The fourth-order valence-corrected chi connectivity index (χ4v) is 2.01. The zero-order chi connectivity index (χ0) is 16.7. The minimum absolute atomic E-state index is 0.253. The number of likely N-dealkylation sites (N-methyl/N-ethyl adjacent to an activating group) is 1. The summed E-state index contributed by atoms with van der Waals surface area (Å²) >= 11 is 11.5. The van der Waals surface area contributed by atoms with Crippen molar-refractivity contribution in [3.63, 3.8) is 0 Å². The van der Waals surface area contributed by atoms with Crippen LogP contribution in [0.15, 0.2) is 0 Å². The average molecular weight is 342 g/mol. The molecule has 0 aromatic heterocycles. The van der Waals surface area contributed by atoms with Crippen molar-refractivity contribution in [3.05, 3.63) is 0 Å². The SMILES string of the molecule is CC(C)NCCCl.CCC.CCC(Cl)N1CCN(C)CC1. The maximum atomic E-state index is 6.10. The Bertz CT molecular complexity index is 196. The third kappa shape index (κ3) is 16.7. The normalized spacial score (nSPS) is 17.6. The van der Waals surface area contributed by atoms with Gasteiger partial charge in [-0.3, -0.25) is 4.90 Å². The molecule has 5 heteroatoms. The van der Waals surface area contributed by atoms with E-state index in [1.54, 1.807) is 0 Å². The standard InChI is InChI=1S/C8H17ClN2.C5H12ClN.C3H8/c1-3-8(9)11-6-4-10(2)5-7-11;1-5(2)7-4-3-6;1-3-2/h8H,3-7H2,1-2H3;5,7H,3-4H2,1-2H3;3H2,1-2H3. The summed E-state index contributed by atoms with van der Waals surface area (Å²) in [5, 5.41) is 3.16. The Morgan fingerprint density at radius 1 is 1.05 bits per heavy atom. The highest BCUT2D eigenvalue weighted by molar-refractivity contribution is 6.20. The zero-order valence-electron chi connectivity index (χ0n) is 15.0. The van der Waals surface area contributed by atoms with Crippen molar-refractivity contribution in [2.75, 3.05) is 45.7 Å². The van der Waals surface area contributed by atoms with Crippen molar-refractivity contribution in [1.82, 2.24) is 15.1 Å². The van der Waals surface area contributed by atoms with E-state index in [0.29, 0.717) is 11.9 Å². The van der Waals surface area contributed by atoms with Crippen LogP contribution in [-0.4, -0.2) is 67.0 Å². The van der Waals surface area contributed by atoms with E-state index in [1.807, 2.05) is 0 Å². The molecule has 0 saturated carbocycles. The summed E-state index contributed by atoms with van der Waals surface area (Å²) in [6, 6.07) is 0.568. The van der Waals surface area contributed by atoms with Gasteiger partial charge in [-0.15, -0.1) is 23.2 Å². The summed E-state index contributed by atoms with van der Waals surface area (Å²) < 4.78 is 0. The molecule has 0 radical (unpaired) electrons. The van der Waals surface area contributed by atoms with Crippen LogP contribution >= 0.6 is 23.2 Å². The molecule has 1 rings (SSSR count). The minimum atomic E-state index is 0.253. The van der Waals surface area contributed by atoms with Gasteiger partial charge in [0.1, 0.15) is 0 Å². The molecule has 1 fully saturated rings. The van der Waals surface area contributed by atoms with E-state index >= 15 is 0 Å². The smallest absolute Gasteiger partial charge is 0.0848 e. The number of rotatable bonds is 5. The minimum Gasteiger partial charge on any atom is -0.313 e. The quantitative estimate of drug-likeness (QED) is 0.605. The van der Waals surface area contributed by atoms with Gasteiger partial charge in [-0.05, 0) is 13.5 Å². The van der Waals surface area contributed by atoms with E-state index < -0.39 is 0 Å². The number of hydrogen-bond acceptors (Lipinski definition) is 3. The van der Waals surface area contributed by atoms with Crippen molar-refractivity contribution < 1.29 is 0 Å². The van der Waals surface area contributed by atoms with E-state index in [4.69, 9.17) is 23.2 Å². The lowest BCUT2D eigenvalue weighted by Crippen LogP contribution is -2.47. The van der Waals surface area contributed by atoms with Gasteiger partial charge in [0, 0.05) is 44.6 Å². The molecule has 1 aliphatic rings. The molecule has 1 unspecified atom stereocenters. The third-order valence-corrected chi connectivity index (χ3v) is 3.69. The molecule has 1 saturated heterocycles. The monoisotopic (exact) mass is 341 g/mol. The molecular weight excluding hydrogens is 305 g/mol. The summed E-state index contributed by atoms with van der Waals surface area (Å²) in [6.07, 6.45) is 2.30. The highest BCUT2D eigenvalue weighted by Gasteiger charge is 2.18. The Morgan fingerprint density at radius 3 is 1.81 bits per heavy atom. The van der Waals surface area contributed by atoms with Gasteiger partial charge in [0.15, 0.2) is 0 Å². The predicted molar refractivity (Wildman–Crippen MR) is 98.8 cm³/mol. The Balaban J connectivity index is 0. The second-order valence-electron chi connectivity index (χ2n) is 5.69. The van der Waals surface area contributed by atoms with Crippen LogP contribution in [0.25, 0.3) is 0 Å². The van der Waals surface area contributed by atoms with Gasteiger partial charge in [-0.1, -0.05) is 41.0 Å². The van der Waals surface area contributed by atoms with Gasteiger partial charge in [0.25, 0.3) is 0 Å². The van der Waals surface area contributed by atoms with E-state index in [-0.39, 0.29) is 5.50 Å². The second kappa shape index (κ2) is 16.8. The highest BCUT2D eigenvalue weighted by Crippen LogP contribution is 2.11. The molecule has 0 aromatic carbocycles. The van der Waals surface area contributed by atoms with Crippen LogP contribution < -0.4 is 5.32 Å². The van der Waals surface area contributed by atoms with Gasteiger partial charge in [0.2, 0.25) is 0 Å². The third-order valence-electron chi connectivity index (χ3n) is 2.92. The number of alkyl halides is 2. The first kappa shape index (κ1) is 23.7. The van der Waals surface area contributed by atoms with Crippen LogP contribution in [0.4, 0.5) is 0 Å². The maximum Gasteiger partial charge on any atom is 0.0848 e. The fourth-order valence-electron chi connectivity index (χ4n) is 1.70. The Hall–Kier alpha value is 0.460. The van der Waals surface area contributed by atoms with Crippen molar-refractivity contribution in [2.24, 2.45) is 0 Å². The molecule has 0 spiro atoms. The first-order valence-electron chi connectivity index (χ1n) is 8.28. The molecule has 0 bridgehead atoms. The van der Waals surface area contributed by atoms with Crippen molar-refractivity contribution in [3.8, 4) is 0 Å². The Kier molecular flexibility index (Phi) is 19.0. The summed E-state index contributed by atoms with van der Waals surface area (Å²) in [5.41, 5.74) is 0.253. The molecular formula is C16H37Cl2N3. The summed E-state index contributed by atoms with van der Waals surface area (Å²) in [4.78, 5) is 4.69.